The minimum atomic E-state index is -0.127. The van der Waals surface area contributed by atoms with Crippen LogP contribution in [-0.2, 0) is 5.41 Å². The number of para-hydroxylation sites is 2. The maximum absolute atomic E-state index is 6.76. The minimum absolute atomic E-state index is 0.127. The van der Waals surface area contributed by atoms with E-state index in [9.17, 15) is 0 Å². The van der Waals surface area contributed by atoms with Crippen molar-refractivity contribution in [2.45, 2.75) is 19.3 Å². The number of benzene rings is 8. The van der Waals surface area contributed by atoms with Crippen LogP contribution in [-0.4, -0.2) is 14.5 Å². The number of fused-ring (bicyclic) bond motifs is 9. The van der Waals surface area contributed by atoms with E-state index in [1.807, 2.05) is 30.3 Å². The highest BCUT2D eigenvalue weighted by molar-refractivity contribution is 6.09. The number of hydrogen-bond donors (Lipinski definition) is 0. The quantitative estimate of drug-likeness (QED) is 0.175. The zero-order chi connectivity index (χ0) is 40.0. The average Bonchev–Trinajstić information content (AvgIpc) is 3.77. The van der Waals surface area contributed by atoms with Gasteiger partial charge in [0.15, 0.2) is 28.8 Å². The third kappa shape index (κ3) is 5.33. The summed E-state index contributed by atoms with van der Waals surface area (Å²) in [7, 11) is 0. The topological polar surface area (TPSA) is 49.2 Å². The Morgan fingerprint density at radius 2 is 1.02 bits per heavy atom. The van der Waals surface area contributed by atoms with Crippen molar-refractivity contribution in [1.29, 1.82) is 0 Å². The third-order valence-corrected chi connectivity index (χ3v) is 12.3. The largest absolute Gasteiger partial charge is 0.449 e. The van der Waals surface area contributed by atoms with Gasteiger partial charge < -0.3 is 14.0 Å². The maximum atomic E-state index is 6.76. The van der Waals surface area contributed by atoms with Crippen LogP contribution in [0.25, 0.3) is 83.6 Å². The summed E-state index contributed by atoms with van der Waals surface area (Å²) in [6, 6.07) is 65.8. The highest BCUT2D eigenvalue weighted by atomic mass is 16.6. The minimum Gasteiger partial charge on any atom is -0.449 e. The van der Waals surface area contributed by atoms with Crippen molar-refractivity contribution in [2.75, 3.05) is 0 Å². The Morgan fingerprint density at radius 3 is 1.75 bits per heavy atom. The van der Waals surface area contributed by atoms with E-state index in [-0.39, 0.29) is 5.41 Å². The van der Waals surface area contributed by atoms with Gasteiger partial charge in [0.2, 0.25) is 0 Å². The van der Waals surface area contributed by atoms with Gasteiger partial charge in [-0.3, -0.25) is 0 Å². The lowest BCUT2D eigenvalue weighted by molar-refractivity contribution is 0.360. The van der Waals surface area contributed by atoms with Gasteiger partial charge >= 0.3 is 0 Å². The zero-order valence-corrected chi connectivity index (χ0v) is 33.1. The fourth-order valence-corrected chi connectivity index (χ4v) is 9.28. The fraction of sp³-hybridized carbons (Fsp3) is 0.0545. The molecule has 1 aliphatic heterocycles. The fourth-order valence-electron chi connectivity index (χ4n) is 9.28. The molecule has 3 heterocycles. The second kappa shape index (κ2) is 13.1. The molecule has 0 saturated carbocycles. The molecule has 0 unspecified atom stereocenters. The van der Waals surface area contributed by atoms with Gasteiger partial charge in [0.1, 0.15) is 0 Å². The second-order valence-electron chi connectivity index (χ2n) is 16.2. The van der Waals surface area contributed by atoms with Crippen LogP contribution < -0.4 is 9.47 Å². The molecule has 10 aromatic rings. The van der Waals surface area contributed by atoms with Crippen LogP contribution in [0.15, 0.2) is 188 Å². The number of ether oxygens (including phenoxy) is 2. The Morgan fingerprint density at radius 1 is 0.433 bits per heavy atom. The Labute approximate surface area is 347 Å². The molecular formula is C55H37N3O2. The van der Waals surface area contributed by atoms with Crippen molar-refractivity contribution < 1.29 is 9.47 Å². The van der Waals surface area contributed by atoms with Crippen molar-refractivity contribution in [1.82, 2.24) is 14.5 Å². The lowest BCUT2D eigenvalue weighted by Gasteiger charge is -2.25. The summed E-state index contributed by atoms with van der Waals surface area (Å²) in [5.74, 6) is 3.59. The summed E-state index contributed by atoms with van der Waals surface area (Å²) < 4.78 is 15.6. The Hall–Kier alpha value is -7.76. The number of nitrogens with zero attached hydrogens (tertiary/aromatic N) is 3. The summed E-state index contributed by atoms with van der Waals surface area (Å²) in [6.07, 6.45) is 0. The van der Waals surface area contributed by atoms with E-state index in [1.54, 1.807) is 0 Å². The van der Waals surface area contributed by atoms with Gasteiger partial charge in [-0.15, -0.1) is 0 Å². The molecule has 5 nitrogen and oxygen atoms in total. The Balaban J connectivity index is 0.883. The highest BCUT2D eigenvalue weighted by Gasteiger charge is 2.39. The average molecular weight is 772 g/mol. The molecule has 2 aromatic heterocycles. The van der Waals surface area contributed by atoms with Gasteiger partial charge in [-0.05, 0) is 76.3 Å². The summed E-state index contributed by atoms with van der Waals surface area (Å²) >= 11 is 0. The maximum Gasteiger partial charge on any atom is 0.178 e. The van der Waals surface area contributed by atoms with Crippen LogP contribution in [0.2, 0.25) is 0 Å². The molecule has 8 aromatic carbocycles. The first kappa shape index (κ1) is 34.3. The summed E-state index contributed by atoms with van der Waals surface area (Å²) in [6.45, 7) is 4.55. The van der Waals surface area contributed by atoms with Gasteiger partial charge in [-0.1, -0.05) is 153 Å². The lowest BCUT2D eigenvalue weighted by atomic mass is 9.82. The molecule has 2 aliphatic rings. The van der Waals surface area contributed by atoms with Crippen molar-refractivity contribution in [2.24, 2.45) is 0 Å². The molecule has 12 rings (SSSR count). The zero-order valence-electron chi connectivity index (χ0n) is 33.1. The van der Waals surface area contributed by atoms with Crippen LogP contribution >= 0.6 is 0 Å². The molecule has 0 N–H and O–H groups in total. The molecule has 0 amide bonds. The first-order valence-corrected chi connectivity index (χ1v) is 20.4. The van der Waals surface area contributed by atoms with Crippen LogP contribution in [0.1, 0.15) is 25.0 Å². The standard InChI is InChI=1S/C55H37N3O2/c1-55(2)43-17-9-6-16-42(43)52-44(55)29-31-50-53(52)60-51-32-38(26-30-49(51)59-50)34-20-22-37(23-21-34)54-56-45(35-12-4-3-5-13-35)33-46(57-54)36-24-27-39(28-25-36)58-47-18-10-7-14-40(47)41-15-8-11-19-48(41)58/h3-33H,1-2H3. The Kier molecular flexibility index (Phi) is 7.51. The molecule has 5 heteroatoms. The predicted molar refractivity (Wildman–Crippen MR) is 242 cm³/mol. The van der Waals surface area contributed by atoms with E-state index in [4.69, 9.17) is 19.4 Å². The van der Waals surface area contributed by atoms with Crippen molar-refractivity contribution in [3.05, 3.63) is 199 Å². The molecule has 0 atom stereocenters. The SMILES string of the molecule is CC1(C)c2ccccc2-c2c1ccc1c2Oc2cc(-c3ccc(-c4nc(-c5ccccc5)cc(-c5ccc(-n6c7ccccc7c7ccccc76)cc5)n4)cc3)ccc2O1. The van der Waals surface area contributed by atoms with E-state index in [2.05, 4.69) is 176 Å². The summed E-state index contributed by atoms with van der Waals surface area (Å²) in [5.41, 5.74) is 15.0. The molecule has 0 spiro atoms. The van der Waals surface area contributed by atoms with Crippen molar-refractivity contribution >= 4 is 21.8 Å². The molecule has 1 aliphatic carbocycles. The van der Waals surface area contributed by atoms with Crippen molar-refractivity contribution in [3.8, 4) is 84.8 Å². The van der Waals surface area contributed by atoms with Gasteiger partial charge in [-0.2, -0.15) is 0 Å². The third-order valence-electron chi connectivity index (χ3n) is 12.3. The first-order valence-electron chi connectivity index (χ1n) is 20.4. The number of hydrogen-bond acceptors (Lipinski definition) is 4. The van der Waals surface area contributed by atoms with Crippen LogP contribution in [0.3, 0.4) is 0 Å². The Bertz CT molecular complexity index is 3280. The van der Waals surface area contributed by atoms with Gasteiger partial charge in [0.05, 0.1) is 22.4 Å². The molecule has 284 valence electrons. The van der Waals surface area contributed by atoms with Gasteiger partial charge in [0.25, 0.3) is 0 Å². The highest BCUT2D eigenvalue weighted by Crippen LogP contribution is 2.58. The number of aromatic nitrogens is 3. The molecular weight excluding hydrogens is 735 g/mol. The van der Waals surface area contributed by atoms with E-state index < -0.39 is 0 Å². The van der Waals surface area contributed by atoms with Crippen LogP contribution in [0, 0.1) is 0 Å². The molecule has 0 radical (unpaired) electrons. The molecule has 0 bridgehead atoms. The van der Waals surface area contributed by atoms with E-state index >= 15 is 0 Å². The van der Waals surface area contributed by atoms with E-state index in [0.29, 0.717) is 17.3 Å². The predicted octanol–water partition coefficient (Wildman–Crippen LogP) is 14.4. The first-order chi connectivity index (χ1) is 29.5. The van der Waals surface area contributed by atoms with Crippen LogP contribution in [0.4, 0.5) is 0 Å². The summed E-state index contributed by atoms with van der Waals surface area (Å²) in [5, 5.41) is 2.49. The van der Waals surface area contributed by atoms with E-state index in [0.717, 1.165) is 62.0 Å². The summed E-state index contributed by atoms with van der Waals surface area (Å²) in [4.78, 5) is 10.3. The monoisotopic (exact) mass is 771 g/mol. The number of rotatable bonds is 5. The van der Waals surface area contributed by atoms with Crippen molar-refractivity contribution in [3.63, 3.8) is 0 Å². The van der Waals surface area contributed by atoms with Gasteiger partial charge in [0, 0.05) is 44.1 Å². The molecule has 0 saturated heterocycles. The van der Waals surface area contributed by atoms with Crippen LogP contribution in [0.5, 0.6) is 23.0 Å². The molecule has 60 heavy (non-hydrogen) atoms. The molecule has 0 fully saturated rings. The lowest BCUT2D eigenvalue weighted by Crippen LogP contribution is -2.15. The van der Waals surface area contributed by atoms with Gasteiger partial charge in [-0.25, -0.2) is 9.97 Å². The second-order valence-corrected chi connectivity index (χ2v) is 16.2. The van der Waals surface area contributed by atoms with E-state index in [1.165, 1.54) is 38.5 Å². The smallest absolute Gasteiger partial charge is 0.178 e. The normalized spacial score (nSPS) is 13.2.